The first-order valence-electron chi connectivity index (χ1n) is 5.70. The number of hydrogen-bond donors (Lipinski definition) is 2. The van der Waals surface area contributed by atoms with Crippen molar-refractivity contribution in [3.05, 3.63) is 16.1 Å². The summed E-state index contributed by atoms with van der Waals surface area (Å²) in [6.45, 7) is 3.33. The third-order valence-electron chi connectivity index (χ3n) is 2.84. The molecule has 1 aliphatic heterocycles. The van der Waals surface area contributed by atoms with Crippen molar-refractivity contribution in [3.63, 3.8) is 0 Å². The molecule has 84 valence electrons. The van der Waals surface area contributed by atoms with Crippen molar-refractivity contribution in [1.82, 2.24) is 15.6 Å². The highest BCUT2D eigenvalue weighted by atomic mass is 32.1. The summed E-state index contributed by atoms with van der Waals surface area (Å²) < 4.78 is 0. The zero-order valence-electron chi connectivity index (χ0n) is 9.25. The lowest BCUT2D eigenvalue weighted by molar-refractivity contribution is 0.460. The van der Waals surface area contributed by atoms with Crippen LogP contribution < -0.4 is 10.6 Å². The quantitative estimate of drug-likeness (QED) is 0.812. The maximum Gasteiger partial charge on any atom is 0.0971 e. The number of aromatic nitrogens is 1. The number of nitrogens with one attached hydrogen (secondary N) is 2. The SMILES string of the molecule is CNCCc1cnc(C2CCCNC2)s1. The predicted octanol–water partition coefficient (Wildman–Crippen LogP) is 1.37. The zero-order chi connectivity index (χ0) is 10.5. The molecule has 0 saturated carbocycles. The molecule has 1 unspecified atom stereocenters. The average Bonchev–Trinajstić information content (AvgIpc) is 2.76. The van der Waals surface area contributed by atoms with Gasteiger partial charge in [-0.1, -0.05) is 0 Å². The van der Waals surface area contributed by atoms with Crippen molar-refractivity contribution < 1.29 is 0 Å². The second-order valence-electron chi connectivity index (χ2n) is 4.06. The lowest BCUT2D eigenvalue weighted by atomic mass is 10.0. The molecule has 0 amide bonds. The van der Waals surface area contributed by atoms with Crippen LogP contribution in [0.2, 0.25) is 0 Å². The first kappa shape index (κ1) is 11.0. The van der Waals surface area contributed by atoms with E-state index in [0.29, 0.717) is 5.92 Å². The topological polar surface area (TPSA) is 37.0 Å². The van der Waals surface area contributed by atoms with Crippen LogP contribution in [0, 0.1) is 0 Å². The number of nitrogens with zero attached hydrogens (tertiary/aromatic N) is 1. The Morgan fingerprint density at radius 2 is 2.60 bits per heavy atom. The molecule has 0 bridgehead atoms. The van der Waals surface area contributed by atoms with E-state index in [9.17, 15) is 0 Å². The molecular formula is C11H19N3S. The van der Waals surface area contributed by atoms with E-state index in [0.717, 1.165) is 19.5 Å². The van der Waals surface area contributed by atoms with E-state index in [2.05, 4.69) is 15.6 Å². The molecule has 1 aromatic rings. The molecule has 4 heteroatoms. The Kier molecular flexibility index (Phi) is 4.11. The highest BCUT2D eigenvalue weighted by Crippen LogP contribution is 2.27. The Hall–Kier alpha value is -0.450. The molecule has 3 nitrogen and oxygen atoms in total. The van der Waals surface area contributed by atoms with E-state index < -0.39 is 0 Å². The predicted molar refractivity (Wildman–Crippen MR) is 64.6 cm³/mol. The minimum Gasteiger partial charge on any atom is -0.319 e. The van der Waals surface area contributed by atoms with Crippen LogP contribution >= 0.6 is 11.3 Å². The van der Waals surface area contributed by atoms with Gasteiger partial charge in [0, 0.05) is 23.5 Å². The van der Waals surface area contributed by atoms with Gasteiger partial charge in [0.05, 0.1) is 5.01 Å². The molecule has 1 atom stereocenters. The summed E-state index contributed by atoms with van der Waals surface area (Å²) in [5.41, 5.74) is 0. The van der Waals surface area contributed by atoms with E-state index >= 15 is 0 Å². The number of rotatable bonds is 4. The summed E-state index contributed by atoms with van der Waals surface area (Å²) in [4.78, 5) is 5.95. The summed E-state index contributed by atoms with van der Waals surface area (Å²) in [6, 6.07) is 0. The van der Waals surface area contributed by atoms with Gasteiger partial charge in [-0.15, -0.1) is 11.3 Å². The second kappa shape index (κ2) is 5.58. The minimum atomic E-state index is 0.659. The molecule has 0 aliphatic carbocycles. The molecular weight excluding hydrogens is 206 g/mol. The van der Waals surface area contributed by atoms with Crippen molar-refractivity contribution in [2.24, 2.45) is 0 Å². The molecule has 1 aromatic heterocycles. The summed E-state index contributed by atoms with van der Waals surface area (Å²) in [6.07, 6.45) is 5.74. The van der Waals surface area contributed by atoms with Crippen molar-refractivity contribution in [2.75, 3.05) is 26.7 Å². The van der Waals surface area contributed by atoms with Gasteiger partial charge in [-0.05, 0) is 39.4 Å². The third kappa shape index (κ3) is 3.00. The molecule has 15 heavy (non-hydrogen) atoms. The van der Waals surface area contributed by atoms with Crippen molar-refractivity contribution in [2.45, 2.75) is 25.2 Å². The highest BCUT2D eigenvalue weighted by Gasteiger charge is 2.18. The molecule has 0 radical (unpaired) electrons. The fourth-order valence-corrected chi connectivity index (χ4v) is 2.99. The monoisotopic (exact) mass is 225 g/mol. The Morgan fingerprint density at radius 1 is 1.67 bits per heavy atom. The first-order valence-corrected chi connectivity index (χ1v) is 6.51. The normalized spacial score (nSPS) is 21.8. The molecule has 2 heterocycles. The van der Waals surface area contributed by atoms with E-state index in [1.807, 2.05) is 24.6 Å². The molecule has 2 N–H and O–H groups in total. The van der Waals surface area contributed by atoms with Gasteiger partial charge < -0.3 is 10.6 Å². The Balaban J connectivity index is 1.93. The van der Waals surface area contributed by atoms with Gasteiger partial charge in [0.1, 0.15) is 0 Å². The van der Waals surface area contributed by atoms with Gasteiger partial charge in [0.25, 0.3) is 0 Å². The Labute approximate surface area is 95.3 Å². The number of thiazole rings is 1. The van der Waals surface area contributed by atoms with Crippen LogP contribution in [0.5, 0.6) is 0 Å². The van der Waals surface area contributed by atoms with Gasteiger partial charge in [0.2, 0.25) is 0 Å². The van der Waals surface area contributed by atoms with Gasteiger partial charge >= 0.3 is 0 Å². The standard InChI is InChI=1S/C11H19N3S/c1-12-6-4-10-8-14-11(15-10)9-3-2-5-13-7-9/h8-9,12-13H,2-7H2,1H3. The lowest BCUT2D eigenvalue weighted by Crippen LogP contribution is -2.28. The van der Waals surface area contributed by atoms with Crippen molar-refractivity contribution in [3.8, 4) is 0 Å². The lowest BCUT2D eigenvalue weighted by Gasteiger charge is -2.20. The van der Waals surface area contributed by atoms with Gasteiger partial charge in [-0.25, -0.2) is 4.98 Å². The van der Waals surface area contributed by atoms with Crippen LogP contribution in [-0.4, -0.2) is 31.7 Å². The van der Waals surface area contributed by atoms with Gasteiger partial charge in [-0.3, -0.25) is 0 Å². The number of likely N-dealkylation sites (N-methyl/N-ethyl adjacent to an activating group) is 1. The van der Waals surface area contributed by atoms with Crippen molar-refractivity contribution in [1.29, 1.82) is 0 Å². The van der Waals surface area contributed by atoms with E-state index in [1.165, 1.54) is 29.3 Å². The summed E-state index contributed by atoms with van der Waals surface area (Å²) in [7, 11) is 1.99. The maximum absolute atomic E-state index is 4.54. The largest absolute Gasteiger partial charge is 0.319 e. The Morgan fingerprint density at radius 3 is 3.33 bits per heavy atom. The molecule has 1 saturated heterocycles. The van der Waals surface area contributed by atoms with Gasteiger partial charge in [-0.2, -0.15) is 0 Å². The Bertz CT molecular complexity index is 292. The van der Waals surface area contributed by atoms with Crippen LogP contribution in [0.25, 0.3) is 0 Å². The number of hydrogen-bond acceptors (Lipinski definition) is 4. The third-order valence-corrected chi connectivity index (χ3v) is 4.06. The average molecular weight is 225 g/mol. The first-order chi connectivity index (χ1) is 7.40. The fourth-order valence-electron chi connectivity index (χ4n) is 1.94. The molecule has 0 spiro atoms. The highest BCUT2D eigenvalue weighted by molar-refractivity contribution is 7.11. The molecule has 1 aliphatic rings. The van der Waals surface area contributed by atoms with Crippen LogP contribution in [0.15, 0.2) is 6.20 Å². The van der Waals surface area contributed by atoms with E-state index in [4.69, 9.17) is 0 Å². The second-order valence-corrected chi connectivity index (χ2v) is 5.21. The molecule has 2 rings (SSSR count). The van der Waals surface area contributed by atoms with Crippen LogP contribution in [0.4, 0.5) is 0 Å². The summed E-state index contributed by atoms with van der Waals surface area (Å²) in [5, 5.41) is 7.94. The van der Waals surface area contributed by atoms with Gasteiger partial charge in [0.15, 0.2) is 0 Å². The zero-order valence-corrected chi connectivity index (χ0v) is 10.1. The minimum absolute atomic E-state index is 0.659. The fraction of sp³-hybridized carbons (Fsp3) is 0.727. The smallest absolute Gasteiger partial charge is 0.0971 e. The van der Waals surface area contributed by atoms with E-state index in [1.54, 1.807) is 0 Å². The molecule has 1 fully saturated rings. The summed E-state index contributed by atoms with van der Waals surface area (Å²) >= 11 is 1.89. The number of piperidine rings is 1. The van der Waals surface area contributed by atoms with E-state index in [-0.39, 0.29) is 0 Å². The summed E-state index contributed by atoms with van der Waals surface area (Å²) in [5.74, 6) is 0.659. The van der Waals surface area contributed by atoms with Crippen molar-refractivity contribution >= 4 is 11.3 Å². The van der Waals surface area contributed by atoms with Crippen LogP contribution in [-0.2, 0) is 6.42 Å². The maximum atomic E-state index is 4.54. The van der Waals surface area contributed by atoms with Crippen LogP contribution in [0.3, 0.4) is 0 Å². The van der Waals surface area contributed by atoms with Crippen LogP contribution in [0.1, 0.15) is 28.6 Å². The molecule has 0 aromatic carbocycles.